The van der Waals surface area contributed by atoms with Crippen molar-refractivity contribution in [2.24, 2.45) is 0 Å². The van der Waals surface area contributed by atoms with Crippen LogP contribution >= 0.6 is 12.4 Å². The van der Waals surface area contributed by atoms with Gasteiger partial charge in [-0.25, -0.2) is 0 Å². The summed E-state index contributed by atoms with van der Waals surface area (Å²) in [5, 5.41) is 28.5. The fourth-order valence-corrected chi connectivity index (χ4v) is 4.20. The minimum Gasteiger partial charge on any atom is -0.504 e. The van der Waals surface area contributed by atoms with Crippen molar-refractivity contribution in [3.8, 4) is 11.5 Å². The molecule has 1 aliphatic rings. The number of nitrogens with one attached hydrogen (secondary N) is 1. The molecule has 0 amide bonds. The minimum absolute atomic E-state index is 0. The van der Waals surface area contributed by atoms with Crippen molar-refractivity contribution in [2.75, 3.05) is 6.54 Å². The summed E-state index contributed by atoms with van der Waals surface area (Å²) in [6.45, 7) is 0.833. The first-order chi connectivity index (χ1) is 12.7. The maximum Gasteiger partial charge on any atom is 0.157 e. The van der Waals surface area contributed by atoms with E-state index in [1.54, 1.807) is 12.1 Å². The molecule has 5 rings (SSSR count). The third kappa shape index (κ3) is 2.80. The number of hydrogen-bond acceptors (Lipinski definition) is 3. The highest BCUT2D eigenvalue weighted by Gasteiger charge is 2.26. The Morgan fingerprint density at radius 1 is 0.778 bits per heavy atom. The van der Waals surface area contributed by atoms with Gasteiger partial charge in [-0.15, -0.1) is 12.4 Å². The molecule has 3 nitrogen and oxygen atoms in total. The van der Waals surface area contributed by atoms with Gasteiger partial charge in [-0.1, -0.05) is 48.5 Å². The van der Waals surface area contributed by atoms with Crippen LogP contribution < -0.4 is 5.32 Å². The van der Waals surface area contributed by atoms with Crippen molar-refractivity contribution in [3.63, 3.8) is 0 Å². The standard InChI is InChI=1S/C23H19NO2.ClH/c25-20-12-16-9-10-24-23(19(16)13-21(20)26)22-17-7-3-1-5-14(17)11-15-6-2-4-8-18(15)22;/h1-8,11-13,23-26H,9-10H2;1H. The van der Waals surface area contributed by atoms with Gasteiger partial charge < -0.3 is 15.5 Å². The van der Waals surface area contributed by atoms with Crippen LogP contribution in [-0.2, 0) is 6.42 Å². The zero-order valence-electron chi connectivity index (χ0n) is 14.6. The van der Waals surface area contributed by atoms with Crippen LogP contribution in [0.2, 0.25) is 0 Å². The number of fused-ring (bicyclic) bond motifs is 3. The van der Waals surface area contributed by atoms with E-state index in [0.717, 1.165) is 24.1 Å². The maximum absolute atomic E-state index is 10.1. The molecular weight excluding hydrogens is 358 g/mol. The Balaban J connectivity index is 0.00000180. The van der Waals surface area contributed by atoms with Gasteiger partial charge in [-0.05, 0) is 62.9 Å². The van der Waals surface area contributed by atoms with Crippen molar-refractivity contribution in [1.29, 1.82) is 0 Å². The maximum atomic E-state index is 10.1. The van der Waals surface area contributed by atoms with E-state index in [9.17, 15) is 10.2 Å². The van der Waals surface area contributed by atoms with Gasteiger partial charge in [0.1, 0.15) is 0 Å². The Bertz CT molecular complexity index is 1100. The van der Waals surface area contributed by atoms with Crippen LogP contribution in [0.1, 0.15) is 22.7 Å². The van der Waals surface area contributed by atoms with Crippen molar-refractivity contribution in [3.05, 3.63) is 83.4 Å². The van der Waals surface area contributed by atoms with Gasteiger partial charge in [-0.3, -0.25) is 0 Å². The van der Waals surface area contributed by atoms with Gasteiger partial charge in [-0.2, -0.15) is 0 Å². The van der Waals surface area contributed by atoms with Crippen LogP contribution in [0.5, 0.6) is 11.5 Å². The summed E-state index contributed by atoms with van der Waals surface area (Å²) >= 11 is 0. The van der Waals surface area contributed by atoms with Gasteiger partial charge in [0.2, 0.25) is 0 Å². The van der Waals surface area contributed by atoms with E-state index in [0.29, 0.717) is 0 Å². The molecule has 27 heavy (non-hydrogen) atoms. The topological polar surface area (TPSA) is 52.5 Å². The number of hydrogen-bond donors (Lipinski definition) is 3. The number of phenols is 2. The van der Waals surface area contributed by atoms with Gasteiger partial charge in [0.25, 0.3) is 0 Å². The third-order valence-corrected chi connectivity index (χ3v) is 5.39. The molecule has 1 atom stereocenters. The summed E-state index contributed by atoms with van der Waals surface area (Å²) < 4.78 is 0. The average Bonchev–Trinajstić information content (AvgIpc) is 2.67. The van der Waals surface area contributed by atoms with Crippen LogP contribution in [-0.4, -0.2) is 16.8 Å². The lowest BCUT2D eigenvalue weighted by Gasteiger charge is -2.29. The summed E-state index contributed by atoms with van der Waals surface area (Å²) in [7, 11) is 0. The highest BCUT2D eigenvalue weighted by atomic mass is 35.5. The fraction of sp³-hybridized carbons (Fsp3) is 0.130. The molecule has 0 saturated heterocycles. The normalized spacial score (nSPS) is 16.1. The average molecular weight is 378 g/mol. The number of aromatic hydroxyl groups is 2. The first kappa shape index (κ1) is 17.7. The number of halogens is 1. The summed E-state index contributed by atoms with van der Waals surface area (Å²) in [4.78, 5) is 0. The molecule has 1 unspecified atom stereocenters. The van der Waals surface area contributed by atoms with E-state index < -0.39 is 0 Å². The number of benzene rings is 4. The van der Waals surface area contributed by atoms with Crippen LogP contribution in [0.4, 0.5) is 0 Å². The monoisotopic (exact) mass is 377 g/mol. The Kier molecular flexibility index (Phi) is 4.42. The Morgan fingerprint density at radius 2 is 1.37 bits per heavy atom. The fourth-order valence-electron chi connectivity index (χ4n) is 4.20. The summed E-state index contributed by atoms with van der Waals surface area (Å²) in [5.41, 5.74) is 3.35. The van der Waals surface area contributed by atoms with E-state index in [1.807, 2.05) is 0 Å². The van der Waals surface area contributed by atoms with Gasteiger partial charge >= 0.3 is 0 Å². The molecule has 0 radical (unpaired) electrons. The molecule has 3 N–H and O–H groups in total. The lowest BCUT2D eigenvalue weighted by Crippen LogP contribution is -2.30. The minimum atomic E-state index is -0.0676. The third-order valence-electron chi connectivity index (χ3n) is 5.39. The van der Waals surface area contributed by atoms with Crippen molar-refractivity contribution in [1.82, 2.24) is 5.32 Å². The molecule has 0 spiro atoms. The molecular formula is C23H20ClNO2. The molecule has 4 aromatic rings. The zero-order chi connectivity index (χ0) is 17.7. The van der Waals surface area contributed by atoms with Crippen molar-refractivity contribution < 1.29 is 10.2 Å². The molecule has 136 valence electrons. The first-order valence-corrected chi connectivity index (χ1v) is 8.91. The summed E-state index contributed by atoms with van der Waals surface area (Å²) in [5.74, 6) is -0.117. The van der Waals surface area contributed by atoms with Crippen molar-refractivity contribution >= 4 is 34.0 Å². The van der Waals surface area contributed by atoms with Crippen LogP contribution in [0.3, 0.4) is 0 Å². The number of rotatable bonds is 1. The first-order valence-electron chi connectivity index (χ1n) is 8.91. The Labute approximate surface area is 163 Å². The zero-order valence-corrected chi connectivity index (χ0v) is 15.5. The second-order valence-electron chi connectivity index (χ2n) is 6.91. The molecule has 1 heterocycles. The lowest BCUT2D eigenvalue weighted by molar-refractivity contribution is 0.400. The highest BCUT2D eigenvalue weighted by molar-refractivity contribution is 6.03. The van der Waals surface area contributed by atoms with Gasteiger partial charge in [0.15, 0.2) is 11.5 Å². The van der Waals surface area contributed by atoms with E-state index >= 15 is 0 Å². The number of phenolic OH excluding ortho intramolecular Hbond substituents is 2. The van der Waals surface area contributed by atoms with Crippen LogP contribution in [0.15, 0.2) is 66.7 Å². The van der Waals surface area contributed by atoms with Crippen LogP contribution in [0.25, 0.3) is 21.5 Å². The molecule has 0 saturated carbocycles. The van der Waals surface area contributed by atoms with Crippen LogP contribution in [0, 0.1) is 0 Å². The quantitative estimate of drug-likeness (QED) is 0.321. The molecule has 4 heteroatoms. The van der Waals surface area contributed by atoms with E-state index in [1.165, 1.54) is 27.1 Å². The molecule has 4 aromatic carbocycles. The van der Waals surface area contributed by atoms with E-state index in [4.69, 9.17) is 0 Å². The lowest BCUT2D eigenvalue weighted by atomic mass is 9.84. The highest BCUT2D eigenvalue weighted by Crippen LogP contribution is 2.41. The molecule has 0 aliphatic carbocycles. The smallest absolute Gasteiger partial charge is 0.157 e. The van der Waals surface area contributed by atoms with Gasteiger partial charge in [0.05, 0.1) is 6.04 Å². The SMILES string of the molecule is Cl.Oc1cc2c(cc1O)C(c1c3ccccc3cc3ccccc13)NCC2. The molecule has 0 aromatic heterocycles. The molecule has 0 fully saturated rings. The molecule has 0 bridgehead atoms. The van der Waals surface area contributed by atoms with Gasteiger partial charge in [0, 0.05) is 6.54 Å². The summed E-state index contributed by atoms with van der Waals surface area (Å²) in [6, 6.07) is 22.5. The largest absolute Gasteiger partial charge is 0.504 e. The predicted molar refractivity (Wildman–Crippen MR) is 112 cm³/mol. The van der Waals surface area contributed by atoms with Crippen molar-refractivity contribution in [2.45, 2.75) is 12.5 Å². The van der Waals surface area contributed by atoms with E-state index in [-0.39, 0.29) is 29.9 Å². The Hall–Kier alpha value is -2.75. The van der Waals surface area contributed by atoms with E-state index in [2.05, 4.69) is 59.9 Å². The second-order valence-corrected chi connectivity index (χ2v) is 6.91. The predicted octanol–water partition coefficient (Wildman–Crippen LogP) is 5.06. The summed E-state index contributed by atoms with van der Waals surface area (Å²) in [6.07, 6.45) is 0.836. The molecule has 1 aliphatic heterocycles. The second kappa shape index (κ2) is 6.76. The Morgan fingerprint density at radius 3 is 2.04 bits per heavy atom.